The Bertz CT molecular complexity index is 1410. The van der Waals surface area contributed by atoms with Gasteiger partial charge in [-0.3, -0.25) is 18.9 Å². The van der Waals surface area contributed by atoms with Crippen LogP contribution in [0.1, 0.15) is 36.0 Å². The van der Waals surface area contributed by atoms with E-state index in [9.17, 15) is 9.59 Å². The fourth-order valence-electron chi connectivity index (χ4n) is 4.63. The number of hydrogen-bond donors (Lipinski definition) is 0. The van der Waals surface area contributed by atoms with E-state index in [1.165, 1.54) is 18.2 Å². The minimum absolute atomic E-state index is 0.170. The Morgan fingerprint density at radius 1 is 1.11 bits per heavy atom. The van der Waals surface area contributed by atoms with Crippen LogP contribution < -0.4 is 15.2 Å². The molecule has 4 heterocycles. The molecule has 0 N–H and O–H groups in total. The smallest absolute Gasteiger partial charge is 0.267 e. The molecule has 2 aliphatic heterocycles. The van der Waals surface area contributed by atoms with Crippen molar-refractivity contribution in [1.29, 1.82) is 0 Å². The van der Waals surface area contributed by atoms with Gasteiger partial charge in [0.25, 0.3) is 11.5 Å². The fourth-order valence-corrected chi connectivity index (χ4v) is 5.92. The average Bonchev–Trinajstić information content (AvgIpc) is 3.17. The third kappa shape index (κ3) is 4.77. The van der Waals surface area contributed by atoms with Crippen molar-refractivity contribution in [2.45, 2.75) is 32.6 Å². The summed E-state index contributed by atoms with van der Waals surface area (Å²) in [6.45, 7) is 4.12. The van der Waals surface area contributed by atoms with E-state index in [-0.39, 0.29) is 11.5 Å². The normalized spacial score (nSPS) is 17.4. The zero-order valence-electron chi connectivity index (χ0n) is 20.4. The minimum atomic E-state index is -0.173. The number of aromatic nitrogens is 2. The summed E-state index contributed by atoms with van der Waals surface area (Å²) in [5.74, 6) is 1.27. The molecule has 0 radical (unpaired) electrons. The number of carbonyl (C=O) groups excluding carboxylic acids is 1. The molecular formula is C27H28N4O3S2. The van der Waals surface area contributed by atoms with Crippen LogP contribution in [-0.4, -0.2) is 51.3 Å². The molecule has 0 saturated carbocycles. The van der Waals surface area contributed by atoms with Gasteiger partial charge >= 0.3 is 0 Å². The summed E-state index contributed by atoms with van der Waals surface area (Å²) in [5, 5.41) is 0. The lowest BCUT2D eigenvalue weighted by Crippen LogP contribution is -2.34. The molecule has 7 nitrogen and oxygen atoms in total. The van der Waals surface area contributed by atoms with Gasteiger partial charge in [-0.1, -0.05) is 42.2 Å². The van der Waals surface area contributed by atoms with Crippen LogP contribution in [0.3, 0.4) is 0 Å². The lowest BCUT2D eigenvalue weighted by Gasteiger charge is -2.29. The zero-order valence-corrected chi connectivity index (χ0v) is 22.0. The maximum atomic E-state index is 13.6. The quantitative estimate of drug-likeness (QED) is 0.352. The molecule has 5 rings (SSSR count). The van der Waals surface area contributed by atoms with Crippen molar-refractivity contribution in [2.24, 2.45) is 0 Å². The van der Waals surface area contributed by atoms with E-state index in [0.717, 1.165) is 42.8 Å². The Kier molecular flexibility index (Phi) is 7.11. The van der Waals surface area contributed by atoms with Crippen LogP contribution in [0.2, 0.25) is 0 Å². The first-order valence-corrected chi connectivity index (χ1v) is 13.3. The van der Waals surface area contributed by atoms with Crippen LogP contribution >= 0.6 is 24.0 Å². The van der Waals surface area contributed by atoms with Gasteiger partial charge in [0.2, 0.25) is 0 Å². The molecule has 9 heteroatoms. The maximum Gasteiger partial charge on any atom is 0.267 e. The predicted octanol–water partition coefficient (Wildman–Crippen LogP) is 4.45. The number of amides is 1. The van der Waals surface area contributed by atoms with Crippen LogP contribution in [0.25, 0.3) is 11.7 Å². The maximum absolute atomic E-state index is 13.6. The summed E-state index contributed by atoms with van der Waals surface area (Å²) < 4.78 is 7.29. The monoisotopic (exact) mass is 520 g/mol. The van der Waals surface area contributed by atoms with E-state index in [2.05, 4.69) is 4.90 Å². The number of rotatable bonds is 6. The summed E-state index contributed by atoms with van der Waals surface area (Å²) in [6.07, 6.45) is 7.38. The molecular weight excluding hydrogens is 492 g/mol. The number of methoxy groups -OCH3 is 1. The summed E-state index contributed by atoms with van der Waals surface area (Å²) in [7, 11) is 1.64. The fraction of sp³-hybridized carbons (Fsp3) is 0.333. The summed E-state index contributed by atoms with van der Waals surface area (Å²) in [6, 6.07) is 11.6. The van der Waals surface area contributed by atoms with Gasteiger partial charge in [-0.25, -0.2) is 4.98 Å². The summed E-state index contributed by atoms with van der Waals surface area (Å²) in [5.41, 5.74) is 2.94. The number of piperidine rings is 1. The number of aryl methyl sites for hydroxylation is 1. The summed E-state index contributed by atoms with van der Waals surface area (Å²) in [4.78, 5) is 36.2. The Labute approximate surface area is 219 Å². The molecule has 0 unspecified atom stereocenters. The van der Waals surface area contributed by atoms with Crippen LogP contribution in [-0.2, 0) is 11.2 Å². The Morgan fingerprint density at radius 2 is 1.86 bits per heavy atom. The number of fused-ring (bicyclic) bond motifs is 1. The topological polar surface area (TPSA) is 67.2 Å². The van der Waals surface area contributed by atoms with E-state index in [1.807, 2.05) is 43.3 Å². The van der Waals surface area contributed by atoms with Gasteiger partial charge in [0.05, 0.1) is 17.6 Å². The Morgan fingerprint density at radius 3 is 2.58 bits per heavy atom. The molecule has 36 heavy (non-hydrogen) atoms. The van der Waals surface area contributed by atoms with Crippen LogP contribution in [0.5, 0.6) is 5.75 Å². The molecule has 2 fully saturated rings. The Balaban J connectivity index is 1.47. The molecule has 1 amide bonds. The second-order valence-electron chi connectivity index (χ2n) is 9.02. The van der Waals surface area contributed by atoms with E-state index in [4.69, 9.17) is 21.9 Å². The predicted molar refractivity (Wildman–Crippen MR) is 149 cm³/mol. The SMILES string of the molecule is COc1ccc(CCN2C(=O)C(=Cc3c(N4CCCCC4)nc4c(C)cccn4c3=O)SC2=S)cc1. The third-order valence-electron chi connectivity index (χ3n) is 6.65. The lowest BCUT2D eigenvalue weighted by molar-refractivity contribution is -0.122. The summed E-state index contributed by atoms with van der Waals surface area (Å²) >= 11 is 6.79. The van der Waals surface area contributed by atoms with Crippen LogP contribution in [0.4, 0.5) is 5.82 Å². The molecule has 3 aromatic rings. The number of hydrogen-bond acceptors (Lipinski definition) is 7. The third-order valence-corrected chi connectivity index (χ3v) is 8.03. The minimum Gasteiger partial charge on any atom is -0.497 e. The van der Waals surface area contributed by atoms with Crippen molar-refractivity contribution in [3.05, 3.63) is 74.5 Å². The van der Waals surface area contributed by atoms with Crippen molar-refractivity contribution in [3.63, 3.8) is 0 Å². The first-order chi connectivity index (χ1) is 17.5. The number of thioether (sulfide) groups is 1. The average molecular weight is 521 g/mol. The molecule has 0 spiro atoms. The van der Waals surface area contributed by atoms with Gasteiger partial charge in [-0.05, 0) is 68.0 Å². The van der Waals surface area contributed by atoms with E-state index < -0.39 is 0 Å². The number of thiocarbonyl (C=S) groups is 1. The lowest BCUT2D eigenvalue weighted by atomic mass is 10.1. The number of pyridine rings is 1. The van der Waals surface area contributed by atoms with Crippen molar-refractivity contribution >= 4 is 51.7 Å². The highest BCUT2D eigenvalue weighted by Gasteiger charge is 2.33. The van der Waals surface area contributed by atoms with Crippen molar-refractivity contribution < 1.29 is 9.53 Å². The van der Waals surface area contributed by atoms with Gasteiger partial charge in [0.1, 0.15) is 21.5 Å². The zero-order chi connectivity index (χ0) is 25.2. The van der Waals surface area contributed by atoms with Gasteiger partial charge < -0.3 is 9.64 Å². The molecule has 2 aliphatic rings. The largest absolute Gasteiger partial charge is 0.497 e. The number of ether oxygens (including phenoxy) is 1. The second-order valence-corrected chi connectivity index (χ2v) is 10.7. The van der Waals surface area contributed by atoms with Gasteiger partial charge in [-0.2, -0.15) is 0 Å². The van der Waals surface area contributed by atoms with Crippen LogP contribution in [0.15, 0.2) is 52.3 Å². The van der Waals surface area contributed by atoms with E-state index in [1.54, 1.807) is 28.7 Å². The highest BCUT2D eigenvalue weighted by atomic mass is 32.2. The molecule has 2 aromatic heterocycles. The second kappa shape index (κ2) is 10.4. The van der Waals surface area contributed by atoms with Crippen molar-refractivity contribution in [3.8, 4) is 5.75 Å². The number of benzene rings is 1. The number of nitrogens with zero attached hydrogens (tertiary/aromatic N) is 4. The highest BCUT2D eigenvalue weighted by Crippen LogP contribution is 2.34. The molecule has 0 atom stereocenters. The Hall–Kier alpha value is -3.17. The van der Waals surface area contributed by atoms with E-state index in [0.29, 0.717) is 39.2 Å². The molecule has 2 saturated heterocycles. The number of anilines is 1. The van der Waals surface area contributed by atoms with Gasteiger partial charge in [0.15, 0.2) is 0 Å². The first-order valence-electron chi connectivity index (χ1n) is 12.1. The van der Waals surface area contributed by atoms with Gasteiger partial charge in [-0.15, -0.1) is 0 Å². The van der Waals surface area contributed by atoms with Gasteiger partial charge in [0, 0.05) is 25.8 Å². The van der Waals surface area contributed by atoms with Crippen molar-refractivity contribution in [2.75, 3.05) is 31.6 Å². The van der Waals surface area contributed by atoms with Crippen LogP contribution in [0, 0.1) is 6.92 Å². The first kappa shape index (κ1) is 24.5. The van der Waals surface area contributed by atoms with Crippen molar-refractivity contribution in [1.82, 2.24) is 14.3 Å². The standard InChI is InChI=1S/C27H28N4O3S2/c1-18-7-6-15-30-23(18)28-24(29-13-4-3-5-14-29)21(25(30)32)17-22-26(33)31(27(35)36-22)16-12-19-8-10-20(34-2)11-9-19/h6-11,15,17H,3-5,12-14,16H2,1-2H3. The molecule has 0 aliphatic carbocycles. The molecule has 1 aromatic carbocycles. The van der Waals surface area contributed by atoms with E-state index >= 15 is 0 Å². The molecule has 0 bridgehead atoms. The number of carbonyl (C=O) groups is 1. The molecule has 186 valence electrons. The highest BCUT2D eigenvalue weighted by molar-refractivity contribution is 8.26.